The molecule has 2 aromatic heterocycles. The highest BCUT2D eigenvalue weighted by Gasteiger charge is 2.33. The van der Waals surface area contributed by atoms with Gasteiger partial charge in [0.15, 0.2) is 0 Å². The SMILES string of the molecule is CCCCC(C)(C)OC(=O)c1c(CCCOc2cccc3cc(F)ccc23)c2ccc(Cl)c(-c3c(C)nn(C)c3C)c2n1CCN1CCN(C(=O)OC(C)(C)C)CC1. The highest BCUT2D eigenvalue weighted by atomic mass is 35.5. The average molecular weight is 816 g/mol. The monoisotopic (exact) mass is 815 g/mol. The van der Waals surface area contributed by atoms with Crippen LogP contribution >= 0.6 is 11.6 Å². The lowest BCUT2D eigenvalue weighted by Gasteiger charge is -2.35. The summed E-state index contributed by atoms with van der Waals surface area (Å²) in [6, 6.07) is 14.3. The van der Waals surface area contributed by atoms with Gasteiger partial charge in [0.25, 0.3) is 0 Å². The molecule has 0 bridgehead atoms. The van der Waals surface area contributed by atoms with Crippen molar-refractivity contribution in [3.63, 3.8) is 0 Å². The van der Waals surface area contributed by atoms with Gasteiger partial charge < -0.3 is 23.7 Å². The summed E-state index contributed by atoms with van der Waals surface area (Å²) in [7, 11) is 1.93. The third-order valence-corrected chi connectivity index (χ3v) is 11.3. The number of halogens is 2. The second-order valence-electron chi connectivity index (χ2n) is 17.1. The summed E-state index contributed by atoms with van der Waals surface area (Å²) in [6.07, 6.45) is 3.49. The molecule has 10 nitrogen and oxygen atoms in total. The summed E-state index contributed by atoms with van der Waals surface area (Å²) in [5.74, 6) is 0.0128. The van der Waals surface area contributed by atoms with E-state index in [1.54, 1.807) is 11.0 Å². The Morgan fingerprint density at radius 3 is 2.29 bits per heavy atom. The number of carbonyl (C=O) groups is 2. The maximum atomic E-state index is 14.8. The zero-order chi connectivity index (χ0) is 41.9. The molecule has 0 spiro atoms. The van der Waals surface area contributed by atoms with Crippen LogP contribution in [0.4, 0.5) is 9.18 Å². The van der Waals surface area contributed by atoms with Gasteiger partial charge in [0.2, 0.25) is 0 Å². The lowest BCUT2D eigenvalue weighted by Crippen LogP contribution is -2.50. The fraction of sp³-hybridized carbons (Fsp3) is 0.500. The lowest BCUT2D eigenvalue weighted by atomic mass is 9.98. The Morgan fingerprint density at radius 2 is 1.62 bits per heavy atom. The molecule has 1 amide bonds. The zero-order valence-electron chi connectivity index (χ0n) is 35.6. The van der Waals surface area contributed by atoms with Crippen LogP contribution in [0.5, 0.6) is 5.75 Å². The van der Waals surface area contributed by atoms with Gasteiger partial charge in [-0.1, -0.05) is 43.1 Å². The molecule has 12 heteroatoms. The van der Waals surface area contributed by atoms with Gasteiger partial charge in [0.1, 0.15) is 28.5 Å². The van der Waals surface area contributed by atoms with E-state index in [0.717, 1.165) is 69.0 Å². The number of nitrogens with zero attached hydrogens (tertiary/aromatic N) is 5. The summed E-state index contributed by atoms with van der Waals surface area (Å²) in [4.78, 5) is 31.7. The van der Waals surface area contributed by atoms with Crippen LogP contribution in [-0.2, 0) is 29.5 Å². The molecule has 0 unspecified atom stereocenters. The van der Waals surface area contributed by atoms with E-state index in [9.17, 15) is 14.0 Å². The summed E-state index contributed by atoms with van der Waals surface area (Å²) in [5.41, 5.74) is 4.58. The van der Waals surface area contributed by atoms with Crippen molar-refractivity contribution in [3.05, 3.63) is 82.0 Å². The Kier molecular flexibility index (Phi) is 13.1. The first-order valence-electron chi connectivity index (χ1n) is 20.6. The molecule has 58 heavy (non-hydrogen) atoms. The number of esters is 1. The first-order chi connectivity index (χ1) is 27.5. The Balaban J connectivity index is 1.40. The van der Waals surface area contributed by atoms with Gasteiger partial charge in [-0.05, 0) is 115 Å². The Morgan fingerprint density at radius 1 is 0.897 bits per heavy atom. The van der Waals surface area contributed by atoms with Crippen LogP contribution in [0.15, 0.2) is 48.5 Å². The summed E-state index contributed by atoms with van der Waals surface area (Å²) in [6.45, 7) is 19.7. The number of rotatable bonds is 14. The molecule has 0 atom stereocenters. The van der Waals surface area contributed by atoms with Crippen molar-refractivity contribution in [1.29, 1.82) is 0 Å². The number of fused-ring (bicyclic) bond motifs is 2. The van der Waals surface area contributed by atoms with Crippen LogP contribution < -0.4 is 4.74 Å². The molecule has 0 aliphatic carbocycles. The standard InChI is InChI=1S/C46H59ClFN5O5/c1-10-11-21-46(7,8)57-43(54)42-35(15-13-28-56-38-16-12-14-32-29-33(48)17-18-34(32)38)36-19-20-37(47)40(39-30(2)49-50(9)31(39)3)41(36)53(42)27-24-51-22-25-52(26-23-51)44(55)58-45(4,5)6/h12,14,16-20,29H,10-11,13,15,21-28H2,1-9H3. The normalized spacial score (nSPS) is 14.1. The van der Waals surface area contributed by atoms with E-state index in [1.807, 2.05) is 90.5 Å². The molecular weight excluding hydrogens is 757 g/mol. The van der Waals surface area contributed by atoms with Gasteiger partial charge >= 0.3 is 12.1 Å². The fourth-order valence-electron chi connectivity index (χ4n) is 8.03. The third-order valence-electron chi connectivity index (χ3n) is 11.0. The molecule has 3 heterocycles. The number of hydrogen-bond acceptors (Lipinski definition) is 7. The topological polar surface area (TPSA) is 91.1 Å². The van der Waals surface area contributed by atoms with Gasteiger partial charge in [-0.15, -0.1) is 0 Å². The number of aromatic nitrogens is 3. The molecule has 1 aliphatic heterocycles. The number of hydrogen-bond donors (Lipinski definition) is 0. The Bertz CT molecular complexity index is 2280. The summed E-state index contributed by atoms with van der Waals surface area (Å²) >= 11 is 7.19. The van der Waals surface area contributed by atoms with Gasteiger partial charge in [-0.3, -0.25) is 9.58 Å². The van der Waals surface area contributed by atoms with E-state index in [4.69, 9.17) is 30.9 Å². The van der Waals surface area contributed by atoms with Crippen molar-refractivity contribution in [3.8, 4) is 16.9 Å². The molecule has 0 saturated carbocycles. The highest BCUT2D eigenvalue weighted by Crippen LogP contribution is 2.42. The maximum Gasteiger partial charge on any atom is 0.410 e. The smallest absolute Gasteiger partial charge is 0.410 e. The van der Waals surface area contributed by atoms with Crippen molar-refractivity contribution in [2.45, 2.75) is 105 Å². The molecule has 1 aliphatic rings. The van der Waals surface area contributed by atoms with Crippen LogP contribution in [-0.4, -0.2) is 86.7 Å². The largest absolute Gasteiger partial charge is 0.493 e. The first-order valence-corrected chi connectivity index (χ1v) is 20.9. The van der Waals surface area contributed by atoms with Crippen LogP contribution in [0.25, 0.3) is 32.8 Å². The van der Waals surface area contributed by atoms with Crippen molar-refractivity contribution < 1.29 is 28.2 Å². The van der Waals surface area contributed by atoms with Crippen LogP contribution in [0.1, 0.15) is 94.7 Å². The maximum absolute atomic E-state index is 14.8. The number of amides is 1. The predicted molar refractivity (Wildman–Crippen MR) is 230 cm³/mol. The molecular formula is C46H59ClFN5O5. The van der Waals surface area contributed by atoms with Crippen LogP contribution in [0, 0.1) is 19.7 Å². The number of carbonyl (C=O) groups excluding carboxylic acids is 2. The number of unbranched alkanes of at least 4 members (excludes halogenated alkanes) is 1. The molecule has 1 fully saturated rings. The lowest BCUT2D eigenvalue weighted by molar-refractivity contribution is -0.00676. The second-order valence-corrected chi connectivity index (χ2v) is 17.5. The number of aryl methyl sites for hydroxylation is 3. The van der Waals surface area contributed by atoms with Crippen molar-refractivity contribution >= 4 is 45.3 Å². The minimum absolute atomic E-state index is 0.294. The molecule has 312 valence electrons. The molecule has 1 saturated heterocycles. The average Bonchev–Trinajstić information content (AvgIpc) is 3.61. The van der Waals surface area contributed by atoms with E-state index in [-0.39, 0.29) is 17.9 Å². The highest BCUT2D eigenvalue weighted by molar-refractivity contribution is 6.35. The van der Waals surface area contributed by atoms with Crippen molar-refractivity contribution in [2.75, 3.05) is 39.3 Å². The summed E-state index contributed by atoms with van der Waals surface area (Å²) < 4.78 is 36.4. The van der Waals surface area contributed by atoms with Crippen LogP contribution in [0.3, 0.4) is 0 Å². The van der Waals surface area contributed by atoms with E-state index in [0.29, 0.717) is 75.2 Å². The van der Waals surface area contributed by atoms with Crippen molar-refractivity contribution in [1.82, 2.24) is 24.1 Å². The predicted octanol–water partition coefficient (Wildman–Crippen LogP) is 10.3. The van der Waals surface area contributed by atoms with Gasteiger partial charge in [-0.25, -0.2) is 14.0 Å². The Labute approximate surface area is 347 Å². The minimum atomic E-state index is -0.683. The fourth-order valence-corrected chi connectivity index (χ4v) is 8.28. The van der Waals surface area contributed by atoms with Gasteiger partial charge in [-0.2, -0.15) is 5.10 Å². The quantitative estimate of drug-likeness (QED) is 0.0814. The third kappa shape index (κ3) is 9.63. The Hall–Kier alpha value is -4.61. The molecule has 5 aromatic rings. The molecule has 3 aromatic carbocycles. The van der Waals surface area contributed by atoms with Gasteiger partial charge in [0.05, 0.1) is 22.8 Å². The van der Waals surface area contributed by atoms with Crippen LogP contribution in [0.2, 0.25) is 5.02 Å². The second kappa shape index (κ2) is 17.7. The zero-order valence-corrected chi connectivity index (χ0v) is 36.4. The van der Waals surface area contributed by atoms with E-state index >= 15 is 0 Å². The molecule has 6 rings (SSSR count). The van der Waals surface area contributed by atoms with Crippen molar-refractivity contribution in [2.24, 2.45) is 7.05 Å². The van der Waals surface area contributed by atoms with E-state index < -0.39 is 11.2 Å². The summed E-state index contributed by atoms with van der Waals surface area (Å²) in [5, 5.41) is 7.86. The number of benzene rings is 3. The molecule has 0 N–H and O–H groups in total. The first kappa shape index (κ1) is 43.0. The van der Waals surface area contributed by atoms with E-state index in [2.05, 4.69) is 16.4 Å². The van der Waals surface area contributed by atoms with Gasteiger partial charge in [0, 0.05) is 73.9 Å². The molecule has 0 radical (unpaired) electrons. The van der Waals surface area contributed by atoms with E-state index in [1.165, 1.54) is 12.1 Å². The minimum Gasteiger partial charge on any atom is -0.493 e. The number of piperazine rings is 1. The number of ether oxygens (including phenoxy) is 3.